The SMILES string of the molecule is CCCOC(C)(C)NC(C)(C)OCCC. The summed E-state index contributed by atoms with van der Waals surface area (Å²) in [5, 5.41) is 3.36. The molecule has 0 heterocycles. The molecule has 0 aromatic carbocycles. The number of nitrogens with one attached hydrogen (secondary N) is 1. The molecular formula is C12H27NO2. The quantitative estimate of drug-likeness (QED) is 0.634. The Morgan fingerprint density at radius 1 is 0.800 bits per heavy atom. The van der Waals surface area contributed by atoms with Gasteiger partial charge in [-0.05, 0) is 40.5 Å². The average molecular weight is 217 g/mol. The molecule has 0 aromatic rings. The molecule has 0 rings (SSSR count). The molecule has 0 aromatic heterocycles. The first-order valence-electron chi connectivity index (χ1n) is 5.90. The van der Waals surface area contributed by atoms with Crippen LogP contribution in [-0.4, -0.2) is 24.7 Å². The highest BCUT2D eigenvalue weighted by Gasteiger charge is 2.28. The van der Waals surface area contributed by atoms with Gasteiger partial charge in [-0.1, -0.05) is 13.8 Å². The lowest BCUT2D eigenvalue weighted by atomic mass is 10.2. The van der Waals surface area contributed by atoms with Gasteiger partial charge in [0, 0.05) is 13.2 Å². The van der Waals surface area contributed by atoms with E-state index >= 15 is 0 Å². The van der Waals surface area contributed by atoms with Crippen molar-refractivity contribution in [2.45, 2.75) is 65.8 Å². The molecule has 0 radical (unpaired) electrons. The van der Waals surface area contributed by atoms with Gasteiger partial charge in [-0.2, -0.15) is 0 Å². The van der Waals surface area contributed by atoms with E-state index in [1.165, 1.54) is 0 Å². The fourth-order valence-electron chi connectivity index (χ4n) is 1.51. The lowest BCUT2D eigenvalue weighted by molar-refractivity contribution is -0.131. The first kappa shape index (κ1) is 14.9. The summed E-state index contributed by atoms with van der Waals surface area (Å²) in [5.74, 6) is 0. The van der Waals surface area contributed by atoms with Crippen LogP contribution in [0.1, 0.15) is 54.4 Å². The Morgan fingerprint density at radius 2 is 1.13 bits per heavy atom. The molecule has 1 N–H and O–H groups in total. The van der Waals surface area contributed by atoms with Crippen molar-refractivity contribution in [3.63, 3.8) is 0 Å². The third-order valence-electron chi connectivity index (χ3n) is 1.94. The molecule has 0 saturated heterocycles. The summed E-state index contributed by atoms with van der Waals surface area (Å²) >= 11 is 0. The fourth-order valence-corrected chi connectivity index (χ4v) is 1.51. The van der Waals surface area contributed by atoms with Crippen molar-refractivity contribution < 1.29 is 9.47 Å². The summed E-state index contributed by atoms with van der Waals surface area (Å²) in [6.07, 6.45) is 2.06. The summed E-state index contributed by atoms with van der Waals surface area (Å²) in [7, 11) is 0. The predicted molar refractivity (Wildman–Crippen MR) is 63.8 cm³/mol. The molecule has 15 heavy (non-hydrogen) atoms. The van der Waals surface area contributed by atoms with Crippen LogP contribution in [0.2, 0.25) is 0 Å². The predicted octanol–water partition coefficient (Wildman–Crippen LogP) is 2.90. The number of rotatable bonds is 8. The van der Waals surface area contributed by atoms with Gasteiger partial charge in [0.15, 0.2) is 0 Å². The van der Waals surface area contributed by atoms with Crippen LogP contribution in [-0.2, 0) is 9.47 Å². The highest BCUT2D eigenvalue weighted by atomic mass is 16.5. The molecule has 0 aliphatic heterocycles. The van der Waals surface area contributed by atoms with Crippen LogP contribution in [0.25, 0.3) is 0 Å². The van der Waals surface area contributed by atoms with Crippen molar-refractivity contribution in [1.82, 2.24) is 5.32 Å². The van der Waals surface area contributed by atoms with E-state index in [4.69, 9.17) is 9.47 Å². The zero-order chi connectivity index (χ0) is 11.9. The lowest BCUT2D eigenvalue weighted by Gasteiger charge is -2.36. The highest BCUT2D eigenvalue weighted by molar-refractivity contribution is 4.75. The summed E-state index contributed by atoms with van der Waals surface area (Å²) in [4.78, 5) is 0. The van der Waals surface area contributed by atoms with E-state index in [1.54, 1.807) is 0 Å². The zero-order valence-electron chi connectivity index (χ0n) is 11.1. The second-order valence-corrected chi connectivity index (χ2v) is 4.84. The van der Waals surface area contributed by atoms with Crippen molar-refractivity contribution in [1.29, 1.82) is 0 Å². The minimum atomic E-state index is -0.340. The van der Waals surface area contributed by atoms with Gasteiger partial charge in [0.1, 0.15) is 11.4 Å². The Morgan fingerprint density at radius 3 is 1.40 bits per heavy atom. The number of hydrogen-bond donors (Lipinski definition) is 1. The Hall–Kier alpha value is -0.120. The Kier molecular flexibility index (Phi) is 6.41. The van der Waals surface area contributed by atoms with Crippen molar-refractivity contribution in [2.75, 3.05) is 13.2 Å². The first-order valence-corrected chi connectivity index (χ1v) is 5.90. The zero-order valence-corrected chi connectivity index (χ0v) is 11.1. The van der Waals surface area contributed by atoms with Crippen LogP contribution in [0, 0.1) is 0 Å². The van der Waals surface area contributed by atoms with Crippen LogP contribution in [0.5, 0.6) is 0 Å². The Labute approximate surface area is 94.5 Å². The van der Waals surface area contributed by atoms with Gasteiger partial charge in [-0.3, -0.25) is 5.32 Å². The summed E-state index contributed by atoms with van der Waals surface area (Å²) < 4.78 is 11.4. The lowest BCUT2D eigenvalue weighted by Crippen LogP contribution is -2.55. The van der Waals surface area contributed by atoms with Crippen LogP contribution < -0.4 is 5.32 Å². The van der Waals surface area contributed by atoms with Gasteiger partial charge >= 0.3 is 0 Å². The third kappa shape index (κ3) is 7.77. The van der Waals surface area contributed by atoms with Gasteiger partial charge < -0.3 is 9.47 Å². The van der Waals surface area contributed by atoms with Crippen LogP contribution in [0.4, 0.5) is 0 Å². The maximum Gasteiger partial charge on any atom is 0.115 e. The molecule has 0 aliphatic carbocycles. The van der Waals surface area contributed by atoms with Crippen LogP contribution in [0.15, 0.2) is 0 Å². The summed E-state index contributed by atoms with van der Waals surface area (Å²) in [6.45, 7) is 13.9. The second kappa shape index (κ2) is 6.46. The number of ether oxygens (including phenoxy) is 2. The van der Waals surface area contributed by atoms with Crippen LogP contribution in [0.3, 0.4) is 0 Å². The van der Waals surface area contributed by atoms with Gasteiger partial charge in [0.2, 0.25) is 0 Å². The van der Waals surface area contributed by atoms with Gasteiger partial charge in [-0.15, -0.1) is 0 Å². The number of hydrogen-bond acceptors (Lipinski definition) is 3. The smallest absolute Gasteiger partial charge is 0.115 e. The molecule has 0 unspecified atom stereocenters. The maximum absolute atomic E-state index is 5.70. The van der Waals surface area contributed by atoms with Crippen molar-refractivity contribution in [2.24, 2.45) is 0 Å². The van der Waals surface area contributed by atoms with Gasteiger partial charge in [-0.25, -0.2) is 0 Å². The van der Waals surface area contributed by atoms with E-state index in [0.29, 0.717) is 0 Å². The summed E-state index contributed by atoms with van der Waals surface area (Å²) in [6, 6.07) is 0. The largest absolute Gasteiger partial charge is 0.361 e. The molecule has 0 atom stereocenters. The molecule has 3 nitrogen and oxygen atoms in total. The molecule has 3 heteroatoms. The molecule has 0 spiro atoms. The molecule has 0 saturated carbocycles. The molecule has 0 fully saturated rings. The van der Waals surface area contributed by atoms with E-state index in [-0.39, 0.29) is 11.4 Å². The standard InChI is InChI=1S/C12H27NO2/c1-7-9-14-11(3,4)13-12(5,6)15-10-8-2/h13H,7-10H2,1-6H3. The molecule has 0 bridgehead atoms. The second-order valence-electron chi connectivity index (χ2n) is 4.84. The topological polar surface area (TPSA) is 30.5 Å². The monoisotopic (exact) mass is 217 g/mol. The van der Waals surface area contributed by atoms with E-state index in [1.807, 2.05) is 27.7 Å². The van der Waals surface area contributed by atoms with Crippen molar-refractivity contribution in [3.8, 4) is 0 Å². The summed E-state index contributed by atoms with van der Waals surface area (Å²) in [5.41, 5.74) is -0.680. The van der Waals surface area contributed by atoms with Gasteiger partial charge in [0.05, 0.1) is 0 Å². The Balaban J connectivity index is 4.04. The van der Waals surface area contributed by atoms with E-state index in [2.05, 4.69) is 19.2 Å². The van der Waals surface area contributed by atoms with Gasteiger partial charge in [0.25, 0.3) is 0 Å². The minimum absolute atomic E-state index is 0.340. The minimum Gasteiger partial charge on any atom is -0.361 e. The Bertz CT molecular complexity index is 149. The van der Waals surface area contributed by atoms with Crippen LogP contribution >= 0.6 is 0 Å². The molecule has 92 valence electrons. The molecular weight excluding hydrogens is 190 g/mol. The first-order chi connectivity index (χ1) is 6.83. The highest BCUT2D eigenvalue weighted by Crippen LogP contribution is 2.14. The van der Waals surface area contributed by atoms with E-state index < -0.39 is 0 Å². The molecule has 0 amide bonds. The van der Waals surface area contributed by atoms with E-state index in [0.717, 1.165) is 26.1 Å². The average Bonchev–Trinajstić information content (AvgIpc) is 2.10. The maximum atomic E-state index is 5.70. The van der Waals surface area contributed by atoms with Crippen molar-refractivity contribution >= 4 is 0 Å². The van der Waals surface area contributed by atoms with Crippen molar-refractivity contribution in [3.05, 3.63) is 0 Å². The third-order valence-corrected chi connectivity index (χ3v) is 1.94. The molecule has 0 aliphatic rings. The fraction of sp³-hybridized carbons (Fsp3) is 1.00. The normalized spacial score (nSPS) is 13.2. The van der Waals surface area contributed by atoms with E-state index in [9.17, 15) is 0 Å².